The molecule has 0 radical (unpaired) electrons. The second-order valence-electron chi connectivity index (χ2n) is 10.5. The second kappa shape index (κ2) is 10.5. The van der Waals surface area contributed by atoms with Crippen LogP contribution in [0.4, 0.5) is 0 Å². The number of hydrogen-bond donors (Lipinski definition) is 1. The molecule has 4 atom stereocenters. The highest BCUT2D eigenvalue weighted by molar-refractivity contribution is 6.83. The standard InChI is InChI=1S/C23H42N2O7Si2/c1-10-28-19-11-12-25(23(27)24-19)22-20(26)21-18(30-22)13-29-33(14(2)3,15(4)5)32-34(31-21,16(6)7)17(8)9/h11-12,14-18,20-22,26H,10,13H2,1-9H3/t18-,20?,21+,22-/m1/s1. The minimum Gasteiger partial charge on any atom is -0.478 e. The molecule has 11 heteroatoms. The van der Waals surface area contributed by atoms with Crippen LogP contribution in [0.5, 0.6) is 5.88 Å². The molecule has 0 aliphatic carbocycles. The molecule has 2 fully saturated rings. The zero-order valence-corrected chi connectivity index (χ0v) is 24.0. The molecule has 2 aliphatic heterocycles. The molecular formula is C23H42N2O7Si2. The third kappa shape index (κ3) is 4.80. The van der Waals surface area contributed by atoms with E-state index in [4.69, 9.17) is 22.4 Å². The lowest BCUT2D eigenvalue weighted by Gasteiger charge is -2.51. The maximum atomic E-state index is 12.7. The highest BCUT2D eigenvalue weighted by atomic mass is 28.5. The summed E-state index contributed by atoms with van der Waals surface area (Å²) in [6.45, 7) is 19.6. The fourth-order valence-corrected chi connectivity index (χ4v) is 16.4. The Balaban J connectivity index is 2.03. The van der Waals surface area contributed by atoms with Gasteiger partial charge in [0.15, 0.2) is 6.23 Å². The third-order valence-electron chi connectivity index (χ3n) is 7.01. The van der Waals surface area contributed by atoms with E-state index in [0.717, 1.165) is 0 Å². The van der Waals surface area contributed by atoms with E-state index >= 15 is 0 Å². The lowest BCUT2D eigenvalue weighted by Crippen LogP contribution is -2.65. The zero-order chi connectivity index (χ0) is 25.4. The van der Waals surface area contributed by atoms with Gasteiger partial charge in [0, 0.05) is 12.3 Å². The largest absolute Gasteiger partial charge is 0.478 e. The minimum absolute atomic E-state index is 0.125. The van der Waals surface area contributed by atoms with Gasteiger partial charge in [-0.3, -0.25) is 4.57 Å². The highest BCUT2D eigenvalue weighted by Gasteiger charge is 2.61. The normalized spacial score (nSPS) is 28.9. The van der Waals surface area contributed by atoms with E-state index in [2.05, 4.69) is 60.4 Å². The van der Waals surface area contributed by atoms with Gasteiger partial charge in [0.1, 0.15) is 18.3 Å². The van der Waals surface area contributed by atoms with Crippen molar-refractivity contribution in [1.82, 2.24) is 9.55 Å². The molecule has 0 aromatic carbocycles. The molecule has 3 rings (SSSR count). The maximum absolute atomic E-state index is 12.7. The minimum atomic E-state index is -2.90. The molecule has 1 aromatic heterocycles. The fourth-order valence-electron chi connectivity index (χ4n) is 5.19. The average Bonchev–Trinajstić information content (AvgIpc) is 3.02. The Morgan fingerprint density at radius 3 is 2.18 bits per heavy atom. The summed E-state index contributed by atoms with van der Waals surface area (Å²) in [4.78, 5) is 16.7. The van der Waals surface area contributed by atoms with E-state index in [9.17, 15) is 9.90 Å². The summed E-state index contributed by atoms with van der Waals surface area (Å²) in [6.07, 6.45) is -1.68. The van der Waals surface area contributed by atoms with E-state index < -0.39 is 47.4 Å². The molecule has 3 heterocycles. The smallest absolute Gasteiger partial charge is 0.353 e. The number of nitrogens with zero attached hydrogens (tertiary/aromatic N) is 2. The zero-order valence-electron chi connectivity index (χ0n) is 22.0. The SMILES string of the molecule is CCOc1ccn([C@@H]2O[C@@H]3CO[Si](C(C)C)(C(C)C)O[Si](C(C)C)(C(C)C)O[C@@H]3C2O)c(=O)n1. The van der Waals surface area contributed by atoms with Gasteiger partial charge >= 0.3 is 22.8 Å². The van der Waals surface area contributed by atoms with Crippen molar-refractivity contribution in [3.05, 3.63) is 22.7 Å². The summed E-state index contributed by atoms with van der Waals surface area (Å²) in [7, 11) is -5.61. The van der Waals surface area contributed by atoms with Crippen LogP contribution >= 0.6 is 0 Å². The van der Waals surface area contributed by atoms with E-state index in [1.165, 1.54) is 4.57 Å². The van der Waals surface area contributed by atoms with Gasteiger partial charge in [-0.1, -0.05) is 55.4 Å². The third-order valence-corrected chi connectivity index (χ3v) is 17.3. The first-order valence-electron chi connectivity index (χ1n) is 12.5. The van der Waals surface area contributed by atoms with Gasteiger partial charge in [-0.25, -0.2) is 4.79 Å². The molecule has 2 aliphatic rings. The monoisotopic (exact) mass is 514 g/mol. The number of rotatable bonds is 7. The van der Waals surface area contributed by atoms with Crippen molar-refractivity contribution in [3.8, 4) is 5.88 Å². The van der Waals surface area contributed by atoms with E-state index in [1.807, 2.05) is 6.92 Å². The van der Waals surface area contributed by atoms with Gasteiger partial charge in [0.25, 0.3) is 0 Å². The molecule has 0 saturated carbocycles. The molecule has 1 aromatic rings. The lowest BCUT2D eigenvalue weighted by molar-refractivity contribution is -0.0601. The summed E-state index contributed by atoms with van der Waals surface area (Å²) in [5, 5.41) is 11.3. The Morgan fingerprint density at radius 1 is 1.09 bits per heavy atom. The summed E-state index contributed by atoms with van der Waals surface area (Å²) in [6, 6.07) is 1.60. The summed E-state index contributed by atoms with van der Waals surface area (Å²) >= 11 is 0. The van der Waals surface area contributed by atoms with Crippen LogP contribution in [-0.2, 0) is 17.7 Å². The van der Waals surface area contributed by atoms with Gasteiger partial charge in [-0.2, -0.15) is 4.98 Å². The summed E-state index contributed by atoms with van der Waals surface area (Å²) < 4.78 is 33.6. The van der Waals surface area contributed by atoms with Crippen molar-refractivity contribution in [3.63, 3.8) is 0 Å². The number of aliphatic hydroxyl groups is 1. The van der Waals surface area contributed by atoms with Crippen molar-refractivity contribution in [1.29, 1.82) is 0 Å². The van der Waals surface area contributed by atoms with Gasteiger partial charge in [0.05, 0.1) is 13.2 Å². The Morgan fingerprint density at radius 2 is 1.68 bits per heavy atom. The molecule has 34 heavy (non-hydrogen) atoms. The molecule has 0 bridgehead atoms. The lowest BCUT2D eigenvalue weighted by atomic mass is 10.1. The summed E-state index contributed by atoms with van der Waals surface area (Å²) in [5.41, 5.74) is 0.112. The number of fused-ring (bicyclic) bond motifs is 1. The number of ether oxygens (including phenoxy) is 2. The van der Waals surface area contributed by atoms with Gasteiger partial charge < -0.3 is 27.5 Å². The van der Waals surface area contributed by atoms with Crippen LogP contribution in [0.2, 0.25) is 22.2 Å². The van der Waals surface area contributed by atoms with Gasteiger partial charge in [-0.15, -0.1) is 0 Å². The van der Waals surface area contributed by atoms with Crippen molar-refractivity contribution in [2.75, 3.05) is 13.2 Å². The van der Waals surface area contributed by atoms with E-state index in [1.54, 1.807) is 12.3 Å². The maximum Gasteiger partial charge on any atom is 0.353 e. The first-order chi connectivity index (χ1) is 15.9. The fraction of sp³-hybridized carbons (Fsp3) is 0.826. The van der Waals surface area contributed by atoms with Crippen LogP contribution in [0.25, 0.3) is 0 Å². The predicted molar refractivity (Wildman–Crippen MR) is 133 cm³/mol. The van der Waals surface area contributed by atoms with E-state index in [0.29, 0.717) is 6.61 Å². The molecule has 2 saturated heterocycles. The van der Waals surface area contributed by atoms with Crippen molar-refractivity contribution in [2.24, 2.45) is 0 Å². The molecule has 0 amide bonds. The molecule has 194 valence electrons. The molecule has 1 N–H and O–H groups in total. The molecule has 0 spiro atoms. The van der Waals surface area contributed by atoms with Crippen molar-refractivity contribution >= 4 is 17.1 Å². The van der Waals surface area contributed by atoms with Crippen LogP contribution in [0.3, 0.4) is 0 Å². The Labute approximate surface area is 205 Å². The van der Waals surface area contributed by atoms with Crippen molar-refractivity contribution in [2.45, 2.75) is 109 Å². The first-order valence-corrected chi connectivity index (χ1v) is 16.4. The molecule has 9 nitrogen and oxygen atoms in total. The Hall–Kier alpha value is -1.09. The van der Waals surface area contributed by atoms with E-state index in [-0.39, 0.29) is 34.7 Å². The first kappa shape index (κ1) is 27.5. The number of aliphatic hydroxyl groups excluding tert-OH is 1. The predicted octanol–water partition coefficient (Wildman–Crippen LogP) is 3.86. The van der Waals surface area contributed by atoms with Gasteiger partial charge in [0.2, 0.25) is 5.88 Å². The average molecular weight is 515 g/mol. The van der Waals surface area contributed by atoms with Crippen molar-refractivity contribution < 1.29 is 27.5 Å². The second-order valence-corrected chi connectivity index (χ2v) is 19.3. The van der Waals surface area contributed by atoms with Crippen LogP contribution in [0.15, 0.2) is 17.1 Å². The van der Waals surface area contributed by atoms with Gasteiger partial charge in [-0.05, 0) is 29.1 Å². The highest BCUT2D eigenvalue weighted by Crippen LogP contribution is 2.48. The molecule has 1 unspecified atom stereocenters. The van der Waals surface area contributed by atoms with Crippen LogP contribution in [-0.4, -0.2) is 63.3 Å². The van der Waals surface area contributed by atoms with Crippen LogP contribution < -0.4 is 10.4 Å². The van der Waals surface area contributed by atoms with Crippen LogP contribution in [0.1, 0.15) is 68.5 Å². The Kier molecular flexibility index (Phi) is 8.49. The quantitative estimate of drug-likeness (QED) is 0.548. The van der Waals surface area contributed by atoms with Crippen LogP contribution in [0, 0.1) is 0 Å². The number of aromatic nitrogens is 2. The Bertz CT molecular complexity index is 876. The topological polar surface area (TPSA) is 101 Å². The molecular weight excluding hydrogens is 472 g/mol. The number of hydrogen-bond acceptors (Lipinski definition) is 8. The summed E-state index contributed by atoms with van der Waals surface area (Å²) in [5.74, 6) is 0.242.